The van der Waals surface area contributed by atoms with Crippen LogP contribution in [-0.4, -0.2) is 71.2 Å². The molecule has 0 amide bonds. The van der Waals surface area contributed by atoms with Crippen LogP contribution in [0.4, 0.5) is 4.39 Å². The van der Waals surface area contributed by atoms with E-state index in [4.69, 9.17) is 4.74 Å². The number of halogens is 1. The van der Waals surface area contributed by atoms with Gasteiger partial charge >= 0.3 is 5.97 Å². The number of nitrogens with zero attached hydrogens (tertiary/aromatic N) is 4. The molecule has 24 heavy (non-hydrogen) atoms. The molecule has 7 heteroatoms. The van der Waals surface area contributed by atoms with Crippen molar-refractivity contribution >= 4 is 5.97 Å². The molecule has 2 aliphatic heterocycles. The number of rotatable bonds is 7. The van der Waals surface area contributed by atoms with Crippen molar-refractivity contribution in [3.05, 3.63) is 24.3 Å². The second-order valence-electron chi connectivity index (χ2n) is 6.79. The van der Waals surface area contributed by atoms with E-state index >= 15 is 0 Å². The molecule has 3 heterocycles. The van der Waals surface area contributed by atoms with Crippen LogP contribution >= 0.6 is 0 Å². The highest BCUT2D eigenvalue weighted by Gasteiger charge is 2.33. The number of likely N-dealkylation sites (N-methyl/N-ethyl adjacent to an activating group) is 1. The molecule has 2 saturated heterocycles. The summed E-state index contributed by atoms with van der Waals surface area (Å²) in [7, 11) is 2.03. The summed E-state index contributed by atoms with van der Waals surface area (Å²) in [5.74, 6) is 0.683. The molecule has 3 atom stereocenters. The number of hydrogen-bond donors (Lipinski definition) is 0. The highest BCUT2D eigenvalue weighted by atomic mass is 19.1. The lowest BCUT2D eigenvalue weighted by molar-refractivity contribution is -0.141. The summed E-state index contributed by atoms with van der Waals surface area (Å²) in [5.41, 5.74) is 0. The third-order valence-corrected chi connectivity index (χ3v) is 4.87. The van der Waals surface area contributed by atoms with Crippen molar-refractivity contribution in [2.24, 2.45) is 5.92 Å². The van der Waals surface area contributed by atoms with Gasteiger partial charge in [-0.2, -0.15) is 0 Å². The fourth-order valence-corrected chi connectivity index (χ4v) is 3.53. The van der Waals surface area contributed by atoms with Gasteiger partial charge in [0.2, 0.25) is 0 Å². The smallest absolute Gasteiger partial charge is 0.309 e. The highest BCUT2D eigenvalue weighted by molar-refractivity contribution is 5.74. The third kappa shape index (κ3) is 4.48. The quantitative estimate of drug-likeness (QED) is 0.699. The SMILES string of the molecule is CN(CCC1CCOC1=O)C[C@@H]1C[C@H](F)CN1Cc1ncccn1. The van der Waals surface area contributed by atoms with Crippen LogP contribution in [0, 0.1) is 5.92 Å². The molecule has 1 aromatic rings. The standard InChI is InChI=1S/C17H25FN4O2/c1-21(7-3-13-4-8-24-17(13)23)11-15-9-14(18)10-22(15)12-16-19-5-2-6-20-16/h2,5-6,13-15H,3-4,7-12H2,1H3/t13?,14-,15-/m0/s1. The molecule has 2 fully saturated rings. The number of likely N-dealkylation sites (tertiary alicyclic amines) is 1. The molecule has 132 valence electrons. The second kappa shape index (κ2) is 7.98. The number of esters is 1. The Kier molecular flexibility index (Phi) is 5.73. The Labute approximate surface area is 142 Å². The minimum absolute atomic E-state index is 0.0266. The normalized spacial score (nSPS) is 27.8. The Morgan fingerprint density at radius 3 is 2.92 bits per heavy atom. The zero-order chi connectivity index (χ0) is 16.9. The summed E-state index contributed by atoms with van der Waals surface area (Å²) in [5, 5.41) is 0. The summed E-state index contributed by atoms with van der Waals surface area (Å²) >= 11 is 0. The van der Waals surface area contributed by atoms with Gasteiger partial charge in [-0.25, -0.2) is 14.4 Å². The van der Waals surface area contributed by atoms with Crippen LogP contribution in [0.2, 0.25) is 0 Å². The minimum Gasteiger partial charge on any atom is -0.465 e. The van der Waals surface area contributed by atoms with E-state index in [2.05, 4.69) is 19.8 Å². The van der Waals surface area contributed by atoms with E-state index in [1.54, 1.807) is 18.5 Å². The molecular weight excluding hydrogens is 311 g/mol. The minimum atomic E-state index is -0.795. The van der Waals surface area contributed by atoms with Gasteiger partial charge in [0, 0.05) is 31.5 Å². The highest BCUT2D eigenvalue weighted by Crippen LogP contribution is 2.23. The van der Waals surface area contributed by atoms with Crippen molar-refractivity contribution in [3.8, 4) is 0 Å². The lowest BCUT2D eigenvalue weighted by Gasteiger charge is -2.28. The number of carbonyl (C=O) groups is 1. The van der Waals surface area contributed by atoms with Crippen molar-refractivity contribution < 1.29 is 13.9 Å². The average molecular weight is 336 g/mol. The zero-order valence-electron chi connectivity index (χ0n) is 14.1. The first-order valence-electron chi connectivity index (χ1n) is 8.61. The molecule has 3 rings (SSSR count). The molecule has 0 aromatic carbocycles. The summed E-state index contributed by atoms with van der Waals surface area (Å²) in [4.78, 5) is 24.3. The first kappa shape index (κ1) is 17.2. The summed E-state index contributed by atoms with van der Waals surface area (Å²) < 4.78 is 18.9. The number of hydrogen-bond acceptors (Lipinski definition) is 6. The van der Waals surface area contributed by atoms with Crippen molar-refractivity contribution in [3.63, 3.8) is 0 Å². The van der Waals surface area contributed by atoms with Crippen LogP contribution in [0.15, 0.2) is 18.5 Å². The molecule has 1 aromatic heterocycles. The van der Waals surface area contributed by atoms with Crippen molar-refractivity contribution in [1.29, 1.82) is 0 Å². The average Bonchev–Trinajstić information content (AvgIpc) is 3.12. The van der Waals surface area contributed by atoms with E-state index in [-0.39, 0.29) is 17.9 Å². The van der Waals surface area contributed by atoms with Gasteiger partial charge < -0.3 is 9.64 Å². The molecule has 0 N–H and O–H groups in total. The Balaban J connectivity index is 1.49. The first-order chi connectivity index (χ1) is 11.6. The third-order valence-electron chi connectivity index (χ3n) is 4.87. The first-order valence-corrected chi connectivity index (χ1v) is 8.61. The molecule has 0 saturated carbocycles. The Hall–Kier alpha value is -1.60. The second-order valence-corrected chi connectivity index (χ2v) is 6.79. The summed E-state index contributed by atoms with van der Waals surface area (Å²) in [6.45, 7) is 3.17. The van der Waals surface area contributed by atoms with Gasteiger partial charge in [0.05, 0.1) is 19.1 Å². The van der Waals surface area contributed by atoms with E-state index in [0.717, 1.165) is 31.8 Å². The maximum atomic E-state index is 13.9. The van der Waals surface area contributed by atoms with E-state index < -0.39 is 6.17 Å². The van der Waals surface area contributed by atoms with Crippen molar-refractivity contribution in [2.45, 2.75) is 38.0 Å². The number of alkyl halides is 1. The maximum Gasteiger partial charge on any atom is 0.309 e. The van der Waals surface area contributed by atoms with Crippen LogP contribution in [0.3, 0.4) is 0 Å². The van der Waals surface area contributed by atoms with E-state index in [1.807, 2.05) is 7.05 Å². The van der Waals surface area contributed by atoms with Gasteiger partial charge in [-0.3, -0.25) is 9.69 Å². The fraction of sp³-hybridized carbons (Fsp3) is 0.706. The lowest BCUT2D eigenvalue weighted by atomic mass is 10.0. The van der Waals surface area contributed by atoms with Gasteiger partial charge in [-0.05, 0) is 38.9 Å². The van der Waals surface area contributed by atoms with E-state index in [9.17, 15) is 9.18 Å². The van der Waals surface area contributed by atoms with Crippen LogP contribution < -0.4 is 0 Å². The van der Waals surface area contributed by atoms with Gasteiger partial charge in [0.25, 0.3) is 0 Å². The number of cyclic esters (lactones) is 1. The Bertz CT molecular complexity index is 545. The maximum absolute atomic E-state index is 13.9. The predicted molar refractivity (Wildman–Crippen MR) is 86.9 cm³/mol. The zero-order valence-corrected chi connectivity index (χ0v) is 14.1. The Morgan fingerprint density at radius 2 is 2.21 bits per heavy atom. The van der Waals surface area contributed by atoms with Crippen LogP contribution in [0.5, 0.6) is 0 Å². The van der Waals surface area contributed by atoms with Crippen molar-refractivity contribution in [2.75, 3.05) is 33.3 Å². The van der Waals surface area contributed by atoms with E-state index in [1.165, 1.54) is 0 Å². The number of carbonyl (C=O) groups excluding carboxylic acids is 1. The summed E-state index contributed by atoms with van der Waals surface area (Å²) in [6.07, 6.45) is 4.81. The fourth-order valence-electron chi connectivity index (χ4n) is 3.53. The number of ether oxygens (including phenoxy) is 1. The topological polar surface area (TPSA) is 58.6 Å². The van der Waals surface area contributed by atoms with Gasteiger partial charge in [-0.15, -0.1) is 0 Å². The molecule has 0 radical (unpaired) electrons. The molecule has 2 aliphatic rings. The lowest BCUT2D eigenvalue weighted by Crippen LogP contribution is -2.39. The summed E-state index contributed by atoms with van der Waals surface area (Å²) in [6, 6.07) is 1.94. The predicted octanol–water partition coefficient (Wildman–Crippen LogP) is 1.27. The molecule has 0 spiro atoms. The molecular formula is C17H25FN4O2. The van der Waals surface area contributed by atoms with Crippen LogP contribution in [0.1, 0.15) is 25.1 Å². The van der Waals surface area contributed by atoms with Crippen molar-refractivity contribution in [1.82, 2.24) is 19.8 Å². The van der Waals surface area contributed by atoms with Gasteiger partial charge in [0.15, 0.2) is 0 Å². The van der Waals surface area contributed by atoms with Crippen LogP contribution in [0.25, 0.3) is 0 Å². The van der Waals surface area contributed by atoms with Gasteiger partial charge in [-0.1, -0.05) is 0 Å². The number of aromatic nitrogens is 2. The molecule has 1 unspecified atom stereocenters. The molecule has 0 aliphatic carbocycles. The molecule has 6 nitrogen and oxygen atoms in total. The van der Waals surface area contributed by atoms with E-state index in [0.29, 0.717) is 26.1 Å². The molecule has 0 bridgehead atoms. The Morgan fingerprint density at radius 1 is 1.42 bits per heavy atom. The monoisotopic (exact) mass is 336 g/mol. The van der Waals surface area contributed by atoms with Gasteiger partial charge in [0.1, 0.15) is 12.0 Å². The van der Waals surface area contributed by atoms with Crippen LogP contribution in [-0.2, 0) is 16.1 Å². The largest absolute Gasteiger partial charge is 0.465 e.